The molecule has 0 bridgehead atoms. The van der Waals surface area contributed by atoms with Gasteiger partial charge in [0.1, 0.15) is 0 Å². The maximum Gasteiger partial charge on any atom is 0.237 e. The van der Waals surface area contributed by atoms with E-state index in [9.17, 15) is 9.59 Å². The van der Waals surface area contributed by atoms with E-state index in [-0.39, 0.29) is 29.8 Å². The summed E-state index contributed by atoms with van der Waals surface area (Å²) in [5.74, 6) is 9.80. The minimum atomic E-state index is -0.305. The summed E-state index contributed by atoms with van der Waals surface area (Å²) in [6, 6.07) is 0. The lowest BCUT2D eigenvalue weighted by Crippen LogP contribution is -2.46. The quantitative estimate of drug-likeness (QED) is 0.306. The lowest BCUT2D eigenvalue weighted by molar-refractivity contribution is -0.134. The average Bonchev–Trinajstić information content (AvgIpc) is 2.44. The number of rotatable bonds is 6. The van der Waals surface area contributed by atoms with E-state index in [2.05, 4.69) is 24.7 Å². The zero-order valence-corrected chi connectivity index (χ0v) is 12.2. The Bertz CT molecular complexity index is 312. The van der Waals surface area contributed by atoms with Crippen molar-refractivity contribution in [1.82, 2.24) is 10.9 Å². The largest absolute Gasteiger partial charge is 0.378 e. The molecule has 2 unspecified atom stereocenters. The van der Waals surface area contributed by atoms with E-state index in [0.717, 1.165) is 6.42 Å². The van der Waals surface area contributed by atoms with Crippen LogP contribution in [-0.4, -0.2) is 24.5 Å². The number of carbonyl (C=O) groups is 2. The van der Waals surface area contributed by atoms with Crippen molar-refractivity contribution in [2.45, 2.75) is 45.6 Å². The van der Waals surface area contributed by atoms with Gasteiger partial charge in [-0.15, -0.1) is 0 Å². The predicted molar refractivity (Wildman–Crippen MR) is 74.7 cm³/mol. The highest BCUT2D eigenvalue weighted by molar-refractivity contribution is 5.82. The van der Waals surface area contributed by atoms with Gasteiger partial charge in [-0.05, 0) is 31.6 Å². The summed E-state index contributed by atoms with van der Waals surface area (Å²) >= 11 is 0. The fraction of sp³-hybridized carbons (Fsp3) is 0.846. The molecule has 0 radical (unpaired) electrons. The van der Waals surface area contributed by atoms with Crippen LogP contribution in [0.2, 0.25) is 0 Å². The number of ether oxygens (including phenoxy) is 1. The molecule has 20 heavy (non-hydrogen) atoms. The van der Waals surface area contributed by atoms with Crippen LogP contribution in [0.4, 0.5) is 0 Å². The molecule has 0 aromatic carbocycles. The van der Waals surface area contributed by atoms with Crippen LogP contribution < -0.4 is 22.5 Å². The molecule has 1 aliphatic rings. The summed E-state index contributed by atoms with van der Waals surface area (Å²) in [5, 5.41) is 0. The van der Waals surface area contributed by atoms with Gasteiger partial charge in [0.25, 0.3) is 0 Å². The molecule has 116 valence electrons. The molecule has 1 aliphatic carbocycles. The van der Waals surface area contributed by atoms with E-state index in [1.54, 1.807) is 0 Å². The molecular formula is C13H26N4O3. The molecule has 1 rings (SSSR count). The van der Waals surface area contributed by atoms with Crippen LogP contribution in [0.3, 0.4) is 0 Å². The van der Waals surface area contributed by atoms with Gasteiger partial charge in [0.05, 0.1) is 6.10 Å². The van der Waals surface area contributed by atoms with Crippen LogP contribution in [0.1, 0.15) is 39.5 Å². The summed E-state index contributed by atoms with van der Waals surface area (Å²) < 4.78 is 5.80. The van der Waals surface area contributed by atoms with E-state index in [1.165, 1.54) is 0 Å². The molecule has 0 saturated heterocycles. The predicted octanol–water partition coefficient (Wildman–Crippen LogP) is -0.186. The molecule has 1 saturated carbocycles. The summed E-state index contributed by atoms with van der Waals surface area (Å²) in [4.78, 5) is 23.4. The molecule has 0 spiro atoms. The number of hydrazine groups is 2. The summed E-state index contributed by atoms with van der Waals surface area (Å²) in [6.45, 7) is 4.88. The van der Waals surface area contributed by atoms with Gasteiger partial charge in [-0.2, -0.15) is 0 Å². The van der Waals surface area contributed by atoms with Crippen molar-refractivity contribution < 1.29 is 14.3 Å². The van der Waals surface area contributed by atoms with Crippen molar-refractivity contribution in [1.29, 1.82) is 0 Å². The number of hydrogen-bond donors (Lipinski definition) is 4. The Morgan fingerprint density at radius 2 is 1.60 bits per heavy atom. The number of carbonyl (C=O) groups excluding carboxylic acids is 2. The van der Waals surface area contributed by atoms with Crippen LogP contribution in [0.25, 0.3) is 0 Å². The van der Waals surface area contributed by atoms with E-state index in [1.807, 2.05) is 0 Å². The van der Waals surface area contributed by atoms with Gasteiger partial charge in [0, 0.05) is 18.4 Å². The van der Waals surface area contributed by atoms with Gasteiger partial charge in [-0.3, -0.25) is 20.4 Å². The molecule has 2 amide bonds. The summed E-state index contributed by atoms with van der Waals surface area (Å²) in [5.41, 5.74) is 4.30. The first-order valence-electron chi connectivity index (χ1n) is 7.10. The molecule has 6 N–H and O–H groups in total. The third kappa shape index (κ3) is 5.07. The Labute approximate surface area is 119 Å². The van der Waals surface area contributed by atoms with E-state index >= 15 is 0 Å². The van der Waals surface area contributed by atoms with Crippen LogP contribution in [0.15, 0.2) is 0 Å². The zero-order valence-electron chi connectivity index (χ0n) is 12.2. The van der Waals surface area contributed by atoms with Crippen LogP contribution >= 0.6 is 0 Å². The first kappa shape index (κ1) is 16.9. The third-order valence-electron chi connectivity index (χ3n) is 3.74. The Morgan fingerprint density at radius 3 is 2.00 bits per heavy atom. The van der Waals surface area contributed by atoms with Crippen molar-refractivity contribution in [3.8, 4) is 0 Å². The maximum atomic E-state index is 11.7. The second-order valence-electron chi connectivity index (χ2n) is 5.79. The van der Waals surface area contributed by atoms with E-state index < -0.39 is 0 Å². The second-order valence-corrected chi connectivity index (χ2v) is 5.79. The number of nitrogens with two attached hydrogens (primary N) is 2. The highest BCUT2D eigenvalue weighted by atomic mass is 16.5. The molecule has 7 nitrogen and oxygen atoms in total. The van der Waals surface area contributed by atoms with Crippen molar-refractivity contribution in [2.75, 3.05) is 6.61 Å². The normalized spacial score (nSPS) is 26.4. The fourth-order valence-corrected chi connectivity index (χ4v) is 2.54. The van der Waals surface area contributed by atoms with E-state index in [4.69, 9.17) is 16.4 Å². The molecule has 1 fully saturated rings. The SMILES string of the molecule is CC(C)CCOC1CC(C(=O)NN)CC(C(=O)NN)C1. The molecule has 2 atom stereocenters. The van der Waals surface area contributed by atoms with Gasteiger partial charge < -0.3 is 4.74 Å². The standard InChI is InChI=1S/C13H26N4O3/c1-8(2)3-4-20-11-6-9(12(18)16-14)5-10(7-11)13(19)17-15/h8-11H,3-7,14-15H2,1-2H3,(H,16,18)(H,17,19). The van der Waals surface area contributed by atoms with Crippen molar-refractivity contribution in [3.63, 3.8) is 0 Å². The molecule has 0 aromatic rings. The molecule has 0 heterocycles. The monoisotopic (exact) mass is 286 g/mol. The van der Waals surface area contributed by atoms with Gasteiger partial charge in [0.15, 0.2) is 0 Å². The first-order valence-corrected chi connectivity index (χ1v) is 7.10. The average molecular weight is 286 g/mol. The second kappa shape index (κ2) is 8.18. The zero-order chi connectivity index (χ0) is 15.1. The smallest absolute Gasteiger partial charge is 0.237 e. The number of nitrogens with one attached hydrogen (secondary N) is 2. The molecular weight excluding hydrogens is 260 g/mol. The number of amides is 2. The highest BCUT2D eigenvalue weighted by Gasteiger charge is 2.36. The third-order valence-corrected chi connectivity index (χ3v) is 3.74. The van der Waals surface area contributed by atoms with E-state index in [0.29, 0.717) is 31.8 Å². The molecule has 0 aliphatic heterocycles. The Balaban J connectivity index is 2.59. The van der Waals surface area contributed by atoms with Gasteiger partial charge >= 0.3 is 0 Å². The van der Waals surface area contributed by atoms with Gasteiger partial charge in [-0.25, -0.2) is 11.7 Å². The maximum absolute atomic E-state index is 11.7. The summed E-state index contributed by atoms with van der Waals surface area (Å²) in [7, 11) is 0. The molecule has 0 aromatic heterocycles. The summed E-state index contributed by atoms with van der Waals surface area (Å²) in [6.07, 6.45) is 2.49. The van der Waals surface area contributed by atoms with Gasteiger partial charge in [0.2, 0.25) is 11.8 Å². The first-order chi connectivity index (χ1) is 9.47. The van der Waals surface area contributed by atoms with Crippen molar-refractivity contribution in [2.24, 2.45) is 29.4 Å². The van der Waals surface area contributed by atoms with Crippen molar-refractivity contribution >= 4 is 11.8 Å². The fourth-order valence-electron chi connectivity index (χ4n) is 2.54. The van der Waals surface area contributed by atoms with Gasteiger partial charge in [-0.1, -0.05) is 13.8 Å². The topological polar surface area (TPSA) is 119 Å². The van der Waals surface area contributed by atoms with Crippen LogP contribution in [0.5, 0.6) is 0 Å². The lowest BCUT2D eigenvalue weighted by Gasteiger charge is -2.33. The minimum absolute atomic E-state index is 0.105. The minimum Gasteiger partial charge on any atom is -0.378 e. The van der Waals surface area contributed by atoms with Crippen molar-refractivity contribution in [3.05, 3.63) is 0 Å². The Kier molecular flexibility index (Phi) is 6.90. The number of hydrogen-bond acceptors (Lipinski definition) is 5. The van der Waals surface area contributed by atoms with Crippen LogP contribution in [0, 0.1) is 17.8 Å². The lowest BCUT2D eigenvalue weighted by atomic mass is 9.79. The Morgan fingerprint density at radius 1 is 1.10 bits per heavy atom. The highest BCUT2D eigenvalue weighted by Crippen LogP contribution is 2.31. The molecule has 7 heteroatoms. The Hall–Kier alpha value is -1.18. The van der Waals surface area contributed by atoms with Crippen LogP contribution in [-0.2, 0) is 14.3 Å².